The van der Waals surface area contributed by atoms with E-state index >= 15 is 0 Å². The van der Waals surface area contributed by atoms with Crippen LogP contribution in [-0.2, 0) is 11.3 Å². The first kappa shape index (κ1) is 20.7. The number of hydrogen-bond donors (Lipinski definition) is 2. The van der Waals surface area contributed by atoms with Gasteiger partial charge in [0.25, 0.3) is 11.8 Å². The molecule has 4 atom stereocenters. The van der Waals surface area contributed by atoms with Crippen LogP contribution in [-0.4, -0.2) is 51.7 Å². The molecule has 8 nitrogen and oxygen atoms in total. The van der Waals surface area contributed by atoms with Crippen LogP contribution in [0, 0.1) is 18.7 Å². The molecule has 0 aliphatic carbocycles. The molecular formula is C23H24FN3O5. The molecule has 2 amide bonds. The average molecular weight is 441 g/mol. The predicted octanol–water partition coefficient (Wildman–Crippen LogP) is 1.74. The summed E-state index contributed by atoms with van der Waals surface area (Å²) in [4.78, 5) is 40.4. The molecule has 2 N–H and O–H groups in total. The summed E-state index contributed by atoms with van der Waals surface area (Å²) in [7, 11) is 0. The maximum absolute atomic E-state index is 14.1. The summed E-state index contributed by atoms with van der Waals surface area (Å²) in [6, 6.07) is 4.26. The van der Waals surface area contributed by atoms with Gasteiger partial charge in [-0.15, -0.1) is 0 Å². The number of aromatic hydroxyl groups is 1. The fourth-order valence-electron chi connectivity index (χ4n) is 5.02. The van der Waals surface area contributed by atoms with Crippen LogP contribution in [0.1, 0.15) is 51.4 Å². The van der Waals surface area contributed by atoms with Crippen molar-refractivity contribution in [2.75, 3.05) is 13.2 Å². The third-order valence-electron chi connectivity index (χ3n) is 6.97. The van der Waals surface area contributed by atoms with Crippen LogP contribution in [0.15, 0.2) is 29.2 Å². The molecule has 9 heteroatoms. The van der Waals surface area contributed by atoms with Gasteiger partial charge in [0.1, 0.15) is 11.4 Å². The largest absolute Gasteiger partial charge is 0.503 e. The van der Waals surface area contributed by atoms with E-state index in [9.17, 15) is 23.9 Å². The summed E-state index contributed by atoms with van der Waals surface area (Å²) in [6.45, 7) is 4.52. The van der Waals surface area contributed by atoms with Crippen molar-refractivity contribution >= 4 is 11.8 Å². The van der Waals surface area contributed by atoms with E-state index in [-0.39, 0.29) is 47.5 Å². The maximum Gasteiger partial charge on any atom is 0.274 e. The van der Waals surface area contributed by atoms with Crippen LogP contribution in [0.3, 0.4) is 0 Å². The summed E-state index contributed by atoms with van der Waals surface area (Å²) in [5, 5.41) is 13.2. The summed E-state index contributed by atoms with van der Waals surface area (Å²) in [5.41, 5.74) is -0.310. The van der Waals surface area contributed by atoms with Crippen LogP contribution >= 0.6 is 0 Å². The fraction of sp³-hybridized carbons (Fsp3) is 0.435. The second-order valence-corrected chi connectivity index (χ2v) is 8.89. The molecule has 3 aliphatic heterocycles. The first-order chi connectivity index (χ1) is 15.3. The van der Waals surface area contributed by atoms with Gasteiger partial charge in [0, 0.05) is 36.8 Å². The van der Waals surface area contributed by atoms with Crippen molar-refractivity contribution in [3.8, 4) is 5.75 Å². The number of benzene rings is 1. The van der Waals surface area contributed by atoms with E-state index in [1.54, 1.807) is 24.0 Å². The van der Waals surface area contributed by atoms with E-state index in [0.29, 0.717) is 13.2 Å². The van der Waals surface area contributed by atoms with Crippen molar-refractivity contribution in [2.24, 2.45) is 5.92 Å². The van der Waals surface area contributed by atoms with Crippen molar-refractivity contribution in [2.45, 2.75) is 45.0 Å². The van der Waals surface area contributed by atoms with Gasteiger partial charge in [-0.3, -0.25) is 14.4 Å². The average Bonchev–Trinajstić information content (AvgIpc) is 3.20. The lowest BCUT2D eigenvalue weighted by molar-refractivity contribution is 0.00885. The minimum absolute atomic E-state index is 0.0758. The number of nitrogens with one attached hydrogen (secondary N) is 1. The molecule has 4 heterocycles. The van der Waals surface area contributed by atoms with Gasteiger partial charge in [0.05, 0.1) is 18.8 Å². The highest BCUT2D eigenvalue weighted by Crippen LogP contribution is 2.41. The molecule has 5 rings (SSSR count). The Morgan fingerprint density at radius 2 is 2.12 bits per heavy atom. The van der Waals surface area contributed by atoms with Crippen molar-refractivity contribution < 1.29 is 23.8 Å². The second kappa shape index (κ2) is 7.44. The molecule has 0 radical (unpaired) electrons. The molecule has 1 aromatic heterocycles. The molecule has 1 aromatic carbocycles. The second-order valence-electron chi connectivity index (χ2n) is 8.89. The molecule has 4 bridgehead atoms. The lowest BCUT2D eigenvalue weighted by Crippen LogP contribution is -2.51. The number of aryl methyl sites for hydroxylation is 1. The van der Waals surface area contributed by atoms with Crippen LogP contribution in [0.25, 0.3) is 0 Å². The van der Waals surface area contributed by atoms with Crippen LogP contribution in [0.2, 0.25) is 0 Å². The van der Waals surface area contributed by atoms with Gasteiger partial charge < -0.3 is 24.6 Å². The normalized spacial score (nSPS) is 26.0. The Morgan fingerprint density at radius 1 is 1.34 bits per heavy atom. The maximum atomic E-state index is 14.1. The Morgan fingerprint density at radius 3 is 2.88 bits per heavy atom. The highest BCUT2D eigenvalue weighted by molar-refractivity contribution is 5.99. The molecule has 0 saturated carbocycles. The zero-order valence-corrected chi connectivity index (χ0v) is 17.8. The molecule has 2 fully saturated rings. The molecule has 2 aromatic rings. The standard InChI is InChI=1S/C23H24FN3O5/c1-11-3-4-13(16(24)5-11)7-25-22(30)15-8-27-17-9-26(12(2)14-6-18(17)32-10-14)23(31)19(27)21(29)20(15)28/h3-5,8,12,14,17-18,29H,6-7,9-10H2,1-2H3,(H,25,30)/t12-,14+,17+,18+/m0/s1. The lowest BCUT2D eigenvalue weighted by Gasteiger charge is -2.41. The van der Waals surface area contributed by atoms with E-state index in [2.05, 4.69) is 5.32 Å². The van der Waals surface area contributed by atoms with Crippen molar-refractivity contribution in [3.05, 3.63) is 62.8 Å². The number of ether oxygens (including phenoxy) is 1. The summed E-state index contributed by atoms with van der Waals surface area (Å²) < 4.78 is 21.6. The summed E-state index contributed by atoms with van der Waals surface area (Å²) in [6.07, 6.45) is 1.90. The van der Waals surface area contributed by atoms with Crippen LogP contribution in [0.5, 0.6) is 5.75 Å². The SMILES string of the molecule is Cc1ccc(CNC(=O)c2cn3c(c(O)c2=O)C(=O)N2C[C@@H]3[C@H]3C[C@H](CO3)[C@@H]2C)c(F)c1. The monoisotopic (exact) mass is 441 g/mol. The van der Waals surface area contributed by atoms with Gasteiger partial charge >= 0.3 is 0 Å². The topological polar surface area (TPSA) is 101 Å². The number of rotatable bonds is 3. The van der Waals surface area contributed by atoms with E-state index < -0.39 is 28.8 Å². The number of nitrogens with zero attached hydrogens (tertiary/aromatic N) is 2. The van der Waals surface area contributed by atoms with E-state index in [4.69, 9.17) is 4.74 Å². The van der Waals surface area contributed by atoms with Gasteiger partial charge in [0.2, 0.25) is 5.43 Å². The highest BCUT2D eigenvalue weighted by atomic mass is 19.1. The quantitative estimate of drug-likeness (QED) is 0.756. The Kier molecular flexibility index (Phi) is 4.81. The number of pyridine rings is 1. The molecular weight excluding hydrogens is 417 g/mol. The molecule has 168 valence electrons. The minimum Gasteiger partial charge on any atom is -0.503 e. The molecule has 0 unspecified atom stereocenters. The third-order valence-corrected chi connectivity index (χ3v) is 6.97. The Balaban J connectivity index is 1.50. The van der Waals surface area contributed by atoms with Gasteiger partial charge in [-0.25, -0.2) is 4.39 Å². The number of aromatic nitrogens is 1. The first-order valence-corrected chi connectivity index (χ1v) is 10.7. The van der Waals surface area contributed by atoms with Crippen LogP contribution in [0.4, 0.5) is 4.39 Å². The number of carbonyl (C=O) groups is 2. The van der Waals surface area contributed by atoms with Gasteiger partial charge in [-0.05, 0) is 31.9 Å². The fourth-order valence-corrected chi connectivity index (χ4v) is 5.02. The first-order valence-electron chi connectivity index (χ1n) is 10.7. The lowest BCUT2D eigenvalue weighted by atomic mass is 9.98. The number of halogens is 1. The van der Waals surface area contributed by atoms with Gasteiger partial charge in [0.15, 0.2) is 11.4 Å². The van der Waals surface area contributed by atoms with Crippen LogP contribution < -0.4 is 10.7 Å². The molecule has 2 saturated heterocycles. The van der Waals surface area contributed by atoms with Gasteiger partial charge in [-0.1, -0.05) is 12.1 Å². The zero-order chi connectivity index (χ0) is 22.7. The minimum atomic E-state index is -0.926. The Hall–Kier alpha value is -3.20. The Bertz CT molecular complexity index is 1190. The summed E-state index contributed by atoms with van der Waals surface area (Å²) in [5.74, 6) is -2.19. The van der Waals surface area contributed by atoms with Crippen molar-refractivity contribution in [1.29, 1.82) is 0 Å². The van der Waals surface area contributed by atoms with E-state index in [0.717, 1.165) is 12.0 Å². The number of fused-ring (bicyclic) bond motifs is 7. The number of hydrogen-bond acceptors (Lipinski definition) is 5. The molecule has 32 heavy (non-hydrogen) atoms. The van der Waals surface area contributed by atoms with E-state index in [1.165, 1.54) is 16.8 Å². The highest BCUT2D eigenvalue weighted by Gasteiger charge is 2.48. The summed E-state index contributed by atoms with van der Waals surface area (Å²) >= 11 is 0. The smallest absolute Gasteiger partial charge is 0.274 e. The van der Waals surface area contributed by atoms with Crippen molar-refractivity contribution in [1.82, 2.24) is 14.8 Å². The predicted molar refractivity (Wildman–Crippen MR) is 112 cm³/mol. The number of amides is 2. The zero-order valence-electron chi connectivity index (χ0n) is 17.8. The van der Waals surface area contributed by atoms with Crippen molar-refractivity contribution in [3.63, 3.8) is 0 Å². The molecule has 0 spiro atoms. The number of carbonyl (C=O) groups excluding carboxylic acids is 2. The van der Waals surface area contributed by atoms with Gasteiger partial charge in [-0.2, -0.15) is 0 Å². The Labute approximate surface area is 183 Å². The van der Waals surface area contributed by atoms with E-state index in [1.807, 2.05) is 6.92 Å². The third kappa shape index (κ3) is 3.10. The molecule has 3 aliphatic rings.